The molecule has 0 saturated heterocycles. The molecule has 0 saturated carbocycles. The molecule has 0 N–H and O–H groups in total. The molecule has 1 unspecified atom stereocenters. The van der Waals surface area contributed by atoms with Crippen LogP contribution in [0.5, 0.6) is 0 Å². The maximum atomic E-state index is 12.7. The molecule has 0 bridgehead atoms. The molecule has 0 aromatic heterocycles. The summed E-state index contributed by atoms with van der Waals surface area (Å²) in [4.78, 5) is 20.7. The third kappa shape index (κ3) is 5.01. The van der Waals surface area contributed by atoms with Crippen LogP contribution < -0.4 is 4.89 Å². The number of rotatable bonds is 6. The highest BCUT2D eigenvalue weighted by molar-refractivity contribution is 7.37. The van der Waals surface area contributed by atoms with Crippen molar-refractivity contribution in [2.75, 3.05) is 6.16 Å². The fraction of sp³-hybridized carbons (Fsp3) is 0.857. The Morgan fingerprint density at radius 1 is 1.54 bits per heavy atom. The van der Waals surface area contributed by atoms with E-state index in [1.165, 1.54) is 0 Å². The van der Waals surface area contributed by atoms with Crippen LogP contribution in [-0.2, 0) is 9.36 Å². The molecule has 1 atom stereocenters. The lowest BCUT2D eigenvalue weighted by atomic mass is 10.1. The first kappa shape index (κ1) is 12.6. The van der Waals surface area contributed by atoms with Crippen LogP contribution >= 0.6 is 8.03 Å². The van der Waals surface area contributed by atoms with Gasteiger partial charge in [-0.1, -0.05) is 17.9 Å². The molecule has 0 aromatic rings. The zero-order chi connectivity index (χ0) is 10.5. The van der Waals surface area contributed by atoms with Gasteiger partial charge in [-0.3, -0.25) is 4.79 Å². The number of ketones is 1. The normalized spacial score (nSPS) is 12.8. The predicted molar refractivity (Wildman–Crippen MR) is 42.0 cm³/mol. The SMILES string of the molecule is CCCCC(F)(F)C(=O)C[P+](=O)[O-]. The highest BCUT2D eigenvalue weighted by atomic mass is 31.1. The molecule has 6 heteroatoms. The molecule has 0 heterocycles. The van der Waals surface area contributed by atoms with Gasteiger partial charge in [-0.05, 0) is 6.42 Å². The van der Waals surface area contributed by atoms with E-state index in [2.05, 4.69) is 0 Å². The van der Waals surface area contributed by atoms with Gasteiger partial charge in [-0.15, -0.1) is 0 Å². The fourth-order valence-electron chi connectivity index (χ4n) is 0.771. The lowest BCUT2D eigenvalue weighted by Gasteiger charge is -2.11. The molecule has 3 nitrogen and oxygen atoms in total. The minimum absolute atomic E-state index is 0.217. The minimum Gasteiger partial charge on any atom is -0.595 e. The number of hydrogen-bond acceptors (Lipinski definition) is 3. The number of alkyl halides is 2. The number of Topliss-reactive ketones (excluding diaryl/α,β-unsaturated/α-hetero) is 1. The van der Waals surface area contributed by atoms with Gasteiger partial charge in [-0.25, -0.2) is 0 Å². The average Bonchev–Trinajstić information content (AvgIpc) is 1.99. The maximum Gasteiger partial charge on any atom is 0.317 e. The van der Waals surface area contributed by atoms with E-state index in [4.69, 9.17) is 0 Å². The largest absolute Gasteiger partial charge is 0.595 e. The van der Waals surface area contributed by atoms with E-state index in [9.17, 15) is 23.0 Å². The van der Waals surface area contributed by atoms with Gasteiger partial charge in [0.1, 0.15) is 0 Å². The Balaban J connectivity index is 4.10. The summed E-state index contributed by atoms with van der Waals surface area (Å²) in [7, 11) is -3.05. The van der Waals surface area contributed by atoms with Crippen molar-refractivity contribution < 1.29 is 23.0 Å². The monoisotopic (exact) mass is 212 g/mol. The van der Waals surface area contributed by atoms with Crippen LogP contribution in [0.4, 0.5) is 8.78 Å². The summed E-state index contributed by atoms with van der Waals surface area (Å²) in [5, 5.41) is 0. The van der Waals surface area contributed by atoms with Crippen LogP contribution in [0.15, 0.2) is 0 Å². The number of hydrogen-bond donors (Lipinski definition) is 0. The van der Waals surface area contributed by atoms with E-state index >= 15 is 0 Å². The van der Waals surface area contributed by atoms with Crippen LogP contribution in [0.25, 0.3) is 0 Å². The standard InChI is InChI=1S/C7H11F2O3P/c1-2-3-4-7(8,9)6(10)5-13(11)12/h2-5H2,1H3. The van der Waals surface area contributed by atoms with Gasteiger partial charge in [0.25, 0.3) is 0 Å². The first-order chi connectivity index (χ1) is 5.90. The lowest BCUT2D eigenvalue weighted by molar-refractivity contribution is -0.166. The Morgan fingerprint density at radius 2 is 2.08 bits per heavy atom. The quantitative estimate of drug-likeness (QED) is 0.626. The number of unbranched alkanes of at least 4 members (excludes halogenated alkanes) is 1. The molecule has 0 aromatic carbocycles. The van der Waals surface area contributed by atoms with Crippen LogP contribution in [0.1, 0.15) is 26.2 Å². The summed E-state index contributed by atoms with van der Waals surface area (Å²) in [6, 6.07) is 0. The third-order valence-electron chi connectivity index (χ3n) is 1.52. The molecule has 0 aliphatic carbocycles. The Bertz CT molecular complexity index is 206. The molecule has 0 amide bonds. The van der Waals surface area contributed by atoms with Crippen molar-refractivity contribution in [1.29, 1.82) is 0 Å². The van der Waals surface area contributed by atoms with E-state index in [0.717, 1.165) is 0 Å². The van der Waals surface area contributed by atoms with Gasteiger partial charge in [0.2, 0.25) is 11.9 Å². The summed E-state index contributed by atoms with van der Waals surface area (Å²) >= 11 is 0. The van der Waals surface area contributed by atoms with Crippen molar-refractivity contribution in [1.82, 2.24) is 0 Å². The summed E-state index contributed by atoms with van der Waals surface area (Å²) in [6.07, 6.45) is -0.863. The second-order valence-corrected chi connectivity index (χ2v) is 3.70. The fourth-order valence-corrected chi connectivity index (χ4v) is 1.24. The van der Waals surface area contributed by atoms with Crippen molar-refractivity contribution in [3.63, 3.8) is 0 Å². The number of halogens is 2. The van der Waals surface area contributed by atoms with Gasteiger partial charge >= 0.3 is 14.0 Å². The van der Waals surface area contributed by atoms with E-state index in [0.29, 0.717) is 6.42 Å². The van der Waals surface area contributed by atoms with Gasteiger partial charge in [0, 0.05) is 6.42 Å². The molecule has 0 aliphatic heterocycles. The van der Waals surface area contributed by atoms with Gasteiger partial charge in [-0.2, -0.15) is 8.78 Å². The summed E-state index contributed by atoms with van der Waals surface area (Å²) in [5.41, 5.74) is 0. The predicted octanol–water partition coefficient (Wildman–Crippen LogP) is 1.48. The van der Waals surface area contributed by atoms with Crippen LogP contribution in [0, 0.1) is 0 Å². The molecule has 0 radical (unpaired) electrons. The third-order valence-corrected chi connectivity index (χ3v) is 2.07. The van der Waals surface area contributed by atoms with E-state index in [1.807, 2.05) is 0 Å². The Labute approximate surface area is 76.0 Å². The first-order valence-corrected chi connectivity index (χ1v) is 5.29. The minimum atomic E-state index is -3.48. The highest BCUT2D eigenvalue weighted by Gasteiger charge is 2.39. The van der Waals surface area contributed by atoms with Crippen LogP contribution in [0.2, 0.25) is 0 Å². The summed E-state index contributed by atoms with van der Waals surface area (Å²) in [5.74, 6) is -4.98. The van der Waals surface area contributed by atoms with Gasteiger partial charge in [0.05, 0.1) is 0 Å². The molecule has 0 rings (SSSR count). The maximum absolute atomic E-state index is 12.7. The lowest BCUT2D eigenvalue weighted by Crippen LogP contribution is -2.30. The van der Waals surface area contributed by atoms with Crippen molar-refractivity contribution in [3.05, 3.63) is 0 Å². The van der Waals surface area contributed by atoms with Gasteiger partial charge < -0.3 is 4.89 Å². The Hall–Kier alpha value is -0.410. The van der Waals surface area contributed by atoms with E-state index in [-0.39, 0.29) is 6.42 Å². The molecule has 0 spiro atoms. The van der Waals surface area contributed by atoms with E-state index < -0.39 is 32.3 Å². The average molecular weight is 212 g/mol. The zero-order valence-corrected chi connectivity index (χ0v) is 8.15. The van der Waals surface area contributed by atoms with Crippen molar-refractivity contribution in [2.24, 2.45) is 0 Å². The molecular formula is C7H11F2O3P. The second kappa shape index (κ2) is 5.35. The first-order valence-electron chi connectivity index (χ1n) is 3.93. The molecule has 13 heavy (non-hydrogen) atoms. The van der Waals surface area contributed by atoms with Crippen molar-refractivity contribution in [3.8, 4) is 0 Å². The topological polar surface area (TPSA) is 57.2 Å². The Kier molecular flexibility index (Phi) is 5.18. The zero-order valence-electron chi connectivity index (χ0n) is 7.26. The van der Waals surface area contributed by atoms with Crippen molar-refractivity contribution in [2.45, 2.75) is 32.1 Å². The van der Waals surface area contributed by atoms with Crippen molar-refractivity contribution >= 4 is 13.8 Å². The Morgan fingerprint density at radius 3 is 2.46 bits per heavy atom. The smallest absolute Gasteiger partial charge is 0.317 e. The second-order valence-electron chi connectivity index (χ2n) is 2.72. The summed E-state index contributed by atoms with van der Waals surface area (Å²) < 4.78 is 35.5. The van der Waals surface area contributed by atoms with Crippen LogP contribution in [0.3, 0.4) is 0 Å². The van der Waals surface area contributed by atoms with E-state index in [1.54, 1.807) is 6.92 Å². The number of carbonyl (C=O) groups excluding carboxylic acids is 1. The molecule has 76 valence electrons. The number of carbonyl (C=O) groups is 1. The highest BCUT2D eigenvalue weighted by Crippen LogP contribution is 2.25. The summed E-state index contributed by atoms with van der Waals surface area (Å²) in [6.45, 7) is 1.72. The van der Waals surface area contributed by atoms with Gasteiger partial charge in [0.15, 0.2) is 0 Å². The molecule has 0 aliphatic rings. The van der Waals surface area contributed by atoms with Crippen LogP contribution in [-0.4, -0.2) is 17.9 Å². The molecule has 0 fully saturated rings. The molecular weight excluding hydrogens is 201 g/mol.